The van der Waals surface area contributed by atoms with Crippen LogP contribution in [0.15, 0.2) is 46.0 Å². The van der Waals surface area contributed by atoms with E-state index in [4.69, 9.17) is 11.6 Å². The zero-order valence-electron chi connectivity index (χ0n) is 17.3. The van der Waals surface area contributed by atoms with Gasteiger partial charge in [-0.3, -0.25) is 18.8 Å². The first-order valence-corrected chi connectivity index (χ1v) is 11.1. The summed E-state index contributed by atoms with van der Waals surface area (Å²) in [4.78, 5) is 31.5. The Balaban J connectivity index is 1.47. The molecule has 31 heavy (non-hydrogen) atoms. The molecule has 7 nitrogen and oxygen atoms in total. The second-order valence-corrected chi connectivity index (χ2v) is 9.16. The maximum atomic E-state index is 12.4. The fraction of sp³-hybridized carbons (Fsp3) is 0.318. The highest BCUT2D eigenvalue weighted by Gasteiger charge is 2.25. The summed E-state index contributed by atoms with van der Waals surface area (Å²) in [6, 6.07) is 14.1. The Morgan fingerprint density at radius 3 is 2.48 bits per heavy atom. The van der Waals surface area contributed by atoms with Crippen LogP contribution >= 0.6 is 22.9 Å². The van der Waals surface area contributed by atoms with Crippen LogP contribution in [0, 0.1) is 11.3 Å². The van der Waals surface area contributed by atoms with Gasteiger partial charge in [0.25, 0.3) is 5.56 Å². The Kier molecular flexibility index (Phi) is 6.01. The van der Waals surface area contributed by atoms with E-state index in [1.807, 2.05) is 29.2 Å². The van der Waals surface area contributed by atoms with Gasteiger partial charge in [0.1, 0.15) is 11.9 Å². The van der Waals surface area contributed by atoms with E-state index in [1.54, 1.807) is 18.4 Å². The Morgan fingerprint density at radius 1 is 1.06 bits per heavy atom. The summed E-state index contributed by atoms with van der Waals surface area (Å²) < 4.78 is 2.37. The minimum Gasteiger partial charge on any atom is -0.354 e. The molecule has 1 aliphatic rings. The molecule has 160 valence electrons. The second-order valence-electron chi connectivity index (χ2n) is 7.56. The van der Waals surface area contributed by atoms with Crippen LogP contribution < -0.4 is 16.1 Å². The highest BCUT2D eigenvalue weighted by Crippen LogP contribution is 2.30. The monoisotopic (exact) mass is 455 g/mol. The lowest BCUT2D eigenvalue weighted by atomic mass is 10.2. The van der Waals surface area contributed by atoms with E-state index in [1.165, 1.54) is 21.4 Å². The molecule has 0 saturated carbocycles. The van der Waals surface area contributed by atoms with E-state index < -0.39 is 11.2 Å². The molecular weight excluding hydrogens is 434 g/mol. The van der Waals surface area contributed by atoms with Crippen molar-refractivity contribution < 1.29 is 0 Å². The zero-order chi connectivity index (χ0) is 22.1. The molecule has 0 spiro atoms. The van der Waals surface area contributed by atoms with Crippen molar-refractivity contribution in [3.63, 3.8) is 0 Å². The van der Waals surface area contributed by atoms with Crippen LogP contribution in [0.3, 0.4) is 0 Å². The molecule has 0 aliphatic carbocycles. The summed E-state index contributed by atoms with van der Waals surface area (Å²) in [5.74, 6) is 0.412. The van der Waals surface area contributed by atoms with Crippen LogP contribution in [0.5, 0.6) is 0 Å². The van der Waals surface area contributed by atoms with Crippen LogP contribution in [-0.4, -0.2) is 40.2 Å². The number of piperazine rings is 1. The fourth-order valence-corrected chi connectivity index (χ4v) is 5.14. The molecule has 9 heteroatoms. The van der Waals surface area contributed by atoms with E-state index in [2.05, 4.69) is 23.1 Å². The number of hydrogen-bond acceptors (Lipinski definition) is 6. The van der Waals surface area contributed by atoms with Gasteiger partial charge in [-0.1, -0.05) is 23.7 Å². The molecule has 0 N–H and O–H groups in total. The molecule has 0 atom stereocenters. The van der Waals surface area contributed by atoms with Gasteiger partial charge in [-0.25, -0.2) is 4.79 Å². The van der Waals surface area contributed by atoms with Crippen LogP contribution in [0.25, 0.3) is 10.4 Å². The van der Waals surface area contributed by atoms with Gasteiger partial charge < -0.3 is 4.90 Å². The van der Waals surface area contributed by atoms with E-state index in [-0.39, 0.29) is 5.56 Å². The van der Waals surface area contributed by atoms with Crippen molar-refractivity contribution in [2.75, 3.05) is 31.1 Å². The van der Waals surface area contributed by atoms with Crippen molar-refractivity contribution in [2.45, 2.75) is 6.54 Å². The standard InChI is InChI=1S/C22H22ClN5O2S/c1-25-20(18(13-24)21(29)26(2)22(25)30)28-10-8-27(9-11-28)14-17-6-7-19(31-17)15-4-3-5-16(23)12-15/h3-7,12H,8-11,14H2,1-2H3. The third-order valence-electron chi connectivity index (χ3n) is 5.57. The normalized spacial score (nSPS) is 14.6. The van der Waals surface area contributed by atoms with Crippen LogP contribution in [0.4, 0.5) is 5.82 Å². The third-order valence-corrected chi connectivity index (χ3v) is 6.92. The zero-order valence-corrected chi connectivity index (χ0v) is 18.9. The Morgan fingerprint density at radius 2 is 1.81 bits per heavy atom. The summed E-state index contributed by atoms with van der Waals surface area (Å²) in [6.45, 7) is 3.67. The summed E-state index contributed by atoms with van der Waals surface area (Å²) >= 11 is 7.86. The number of anilines is 1. The third kappa shape index (κ3) is 4.17. The SMILES string of the molecule is Cn1c(N2CCN(Cc3ccc(-c4cccc(Cl)c4)s3)CC2)c(C#N)c(=O)n(C)c1=O. The molecular formula is C22H22ClN5O2S. The smallest absolute Gasteiger partial charge is 0.332 e. The van der Waals surface area contributed by atoms with Gasteiger partial charge in [0.2, 0.25) is 0 Å². The quantitative estimate of drug-likeness (QED) is 0.604. The van der Waals surface area contributed by atoms with Crippen molar-refractivity contribution in [1.82, 2.24) is 14.0 Å². The molecule has 0 radical (unpaired) electrons. The van der Waals surface area contributed by atoms with Crippen molar-refractivity contribution >= 4 is 28.8 Å². The topological polar surface area (TPSA) is 74.3 Å². The first-order valence-electron chi connectivity index (χ1n) is 9.91. The Hall–Kier alpha value is -2.86. The van der Waals surface area contributed by atoms with E-state index >= 15 is 0 Å². The van der Waals surface area contributed by atoms with Gasteiger partial charge in [-0.2, -0.15) is 5.26 Å². The number of nitriles is 1. The molecule has 0 unspecified atom stereocenters. The molecule has 0 amide bonds. The minimum atomic E-state index is -0.546. The number of rotatable bonds is 4. The lowest BCUT2D eigenvalue weighted by Crippen LogP contribution is -2.50. The molecule has 1 aromatic carbocycles. The average molecular weight is 456 g/mol. The Labute approximate surface area is 188 Å². The molecule has 1 fully saturated rings. The molecule has 1 aliphatic heterocycles. The average Bonchev–Trinajstić information content (AvgIpc) is 3.24. The van der Waals surface area contributed by atoms with E-state index in [9.17, 15) is 14.9 Å². The van der Waals surface area contributed by atoms with Gasteiger partial charge in [-0.15, -0.1) is 11.3 Å². The lowest BCUT2D eigenvalue weighted by Gasteiger charge is -2.36. The predicted octanol–water partition coefficient (Wildman–Crippen LogP) is 2.66. The molecule has 3 heterocycles. The lowest BCUT2D eigenvalue weighted by molar-refractivity contribution is 0.250. The molecule has 1 saturated heterocycles. The second kappa shape index (κ2) is 8.71. The largest absolute Gasteiger partial charge is 0.354 e. The van der Waals surface area contributed by atoms with Crippen molar-refractivity contribution in [3.05, 3.63) is 72.7 Å². The molecule has 0 bridgehead atoms. The predicted molar refractivity (Wildman–Crippen MR) is 124 cm³/mol. The van der Waals surface area contributed by atoms with Crippen LogP contribution in [0.2, 0.25) is 5.02 Å². The van der Waals surface area contributed by atoms with Crippen molar-refractivity contribution in [1.29, 1.82) is 5.26 Å². The molecule has 3 aromatic rings. The maximum Gasteiger partial charge on any atom is 0.332 e. The van der Waals surface area contributed by atoms with Crippen molar-refractivity contribution in [3.8, 4) is 16.5 Å². The number of aromatic nitrogens is 2. The van der Waals surface area contributed by atoms with Gasteiger partial charge in [0.15, 0.2) is 5.56 Å². The van der Waals surface area contributed by atoms with Gasteiger partial charge in [-0.05, 0) is 29.8 Å². The van der Waals surface area contributed by atoms with E-state index in [0.717, 1.165) is 34.8 Å². The summed E-state index contributed by atoms with van der Waals surface area (Å²) in [7, 11) is 3.00. The number of benzene rings is 1. The molecule has 2 aromatic heterocycles. The highest BCUT2D eigenvalue weighted by molar-refractivity contribution is 7.15. The number of thiophene rings is 1. The van der Waals surface area contributed by atoms with E-state index in [0.29, 0.717) is 18.9 Å². The Bertz CT molecular complexity index is 1280. The van der Waals surface area contributed by atoms with Crippen LogP contribution in [0.1, 0.15) is 10.4 Å². The summed E-state index contributed by atoms with van der Waals surface area (Å²) in [5.41, 5.74) is 0.162. The number of nitrogens with zero attached hydrogens (tertiary/aromatic N) is 5. The first kappa shape index (κ1) is 21.4. The number of halogens is 1. The minimum absolute atomic E-state index is 0.0162. The van der Waals surface area contributed by atoms with Gasteiger partial charge in [0, 0.05) is 61.6 Å². The highest BCUT2D eigenvalue weighted by atomic mass is 35.5. The number of hydrogen-bond donors (Lipinski definition) is 0. The van der Waals surface area contributed by atoms with Gasteiger partial charge >= 0.3 is 5.69 Å². The maximum absolute atomic E-state index is 12.4. The summed E-state index contributed by atoms with van der Waals surface area (Å²) in [5, 5.41) is 10.2. The first-order chi connectivity index (χ1) is 14.9. The van der Waals surface area contributed by atoms with Crippen molar-refractivity contribution in [2.24, 2.45) is 14.1 Å². The van der Waals surface area contributed by atoms with Crippen LogP contribution in [-0.2, 0) is 20.6 Å². The van der Waals surface area contributed by atoms with Gasteiger partial charge in [0.05, 0.1) is 0 Å². The molecule has 4 rings (SSSR count). The fourth-order valence-electron chi connectivity index (χ4n) is 3.90. The summed E-state index contributed by atoms with van der Waals surface area (Å²) in [6.07, 6.45) is 0.